The third kappa shape index (κ3) is 4.31. The summed E-state index contributed by atoms with van der Waals surface area (Å²) in [4.78, 5) is 12.4. The van der Waals surface area contributed by atoms with Crippen LogP contribution in [0.15, 0.2) is 29.2 Å². The summed E-state index contributed by atoms with van der Waals surface area (Å²) in [5.41, 5.74) is 5.08. The van der Waals surface area contributed by atoms with Gasteiger partial charge in [0.05, 0.1) is 10.8 Å². The topological polar surface area (TPSA) is 92.5 Å². The van der Waals surface area contributed by atoms with Crippen LogP contribution in [0.1, 0.15) is 26.7 Å². The van der Waals surface area contributed by atoms with E-state index in [0.29, 0.717) is 25.9 Å². The first-order chi connectivity index (χ1) is 11.2. The molecule has 1 fully saturated rings. The molecule has 1 heterocycles. The lowest BCUT2D eigenvalue weighted by atomic mass is 9.96. The molecule has 0 radical (unpaired) electrons. The monoisotopic (exact) mass is 357 g/mol. The van der Waals surface area contributed by atoms with Gasteiger partial charge in [-0.25, -0.2) is 12.8 Å². The van der Waals surface area contributed by atoms with Crippen LogP contribution in [-0.4, -0.2) is 43.8 Å². The van der Waals surface area contributed by atoms with E-state index in [9.17, 15) is 17.6 Å². The fraction of sp³-hybridized carbons (Fsp3) is 0.562. The molecule has 1 aromatic carbocycles. The van der Waals surface area contributed by atoms with Gasteiger partial charge in [0, 0.05) is 25.2 Å². The molecule has 1 aromatic rings. The second kappa shape index (κ2) is 7.16. The van der Waals surface area contributed by atoms with Crippen molar-refractivity contribution >= 4 is 15.9 Å². The molecule has 0 aliphatic carbocycles. The number of hydrogen-bond acceptors (Lipinski definition) is 4. The SMILES string of the molecule is CC(C)(CN)NC(=O)C1CCCN(S(=O)(=O)c2ccc(F)cc2)C1. The summed E-state index contributed by atoms with van der Waals surface area (Å²) in [6, 6.07) is 4.72. The van der Waals surface area contributed by atoms with Crippen LogP contribution < -0.4 is 11.1 Å². The average molecular weight is 357 g/mol. The number of rotatable bonds is 5. The Hall–Kier alpha value is -1.51. The molecule has 1 saturated heterocycles. The third-order valence-electron chi connectivity index (χ3n) is 4.18. The smallest absolute Gasteiger partial charge is 0.243 e. The quantitative estimate of drug-likeness (QED) is 0.825. The number of nitrogens with two attached hydrogens (primary N) is 1. The average Bonchev–Trinajstić information content (AvgIpc) is 2.55. The molecule has 6 nitrogen and oxygen atoms in total. The molecule has 0 spiro atoms. The molecule has 24 heavy (non-hydrogen) atoms. The minimum Gasteiger partial charge on any atom is -0.350 e. The number of hydrogen-bond donors (Lipinski definition) is 2. The Labute approximate surface area is 142 Å². The molecule has 3 N–H and O–H groups in total. The molecule has 0 bridgehead atoms. The molecule has 0 aromatic heterocycles. The largest absolute Gasteiger partial charge is 0.350 e. The van der Waals surface area contributed by atoms with Crippen molar-refractivity contribution < 1.29 is 17.6 Å². The van der Waals surface area contributed by atoms with Crippen molar-refractivity contribution in [2.45, 2.75) is 37.1 Å². The predicted molar refractivity (Wildman–Crippen MR) is 89.2 cm³/mol. The van der Waals surface area contributed by atoms with E-state index in [2.05, 4.69) is 5.32 Å². The Kier molecular flexibility index (Phi) is 5.62. The minimum atomic E-state index is -3.73. The zero-order chi connectivity index (χ0) is 18.0. The summed E-state index contributed by atoms with van der Waals surface area (Å²) in [7, 11) is -3.73. The van der Waals surface area contributed by atoms with Gasteiger partial charge < -0.3 is 11.1 Å². The molecular formula is C16H24FN3O3S. The third-order valence-corrected chi connectivity index (χ3v) is 6.06. The second-order valence-electron chi connectivity index (χ2n) is 6.73. The first kappa shape index (κ1) is 18.8. The molecule has 2 rings (SSSR count). The number of nitrogens with zero attached hydrogens (tertiary/aromatic N) is 1. The van der Waals surface area contributed by atoms with Gasteiger partial charge in [-0.2, -0.15) is 4.31 Å². The molecular weight excluding hydrogens is 333 g/mol. The summed E-state index contributed by atoms with van der Waals surface area (Å²) in [5, 5.41) is 2.86. The highest BCUT2D eigenvalue weighted by Gasteiger charge is 2.34. The van der Waals surface area contributed by atoms with Crippen molar-refractivity contribution in [1.82, 2.24) is 9.62 Å². The fourth-order valence-corrected chi connectivity index (χ4v) is 4.14. The molecule has 1 unspecified atom stereocenters. The van der Waals surface area contributed by atoms with Gasteiger partial charge in [0.1, 0.15) is 5.82 Å². The van der Waals surface area contributed by atoms with Crippen LogP contribution in [-0.2, 0) is 14.8 Å². The summed E-state index contributed by atoms with van der Waals surface area (Å²) >= 11 is 0. The summed E-state index contributed by atoms with van der Waals surface area (Å²) in [5.74, 6) is -1.10. The highest BCUT2D eigenvalue weighted by atomic mass is 32.2. The summed E-state index contributed by atoms with van der Waals surface area (Å²) < 4.78 is 39.6. The zero-order valence-corrected chi connectivity index (χ0v) is 14.8. The maximum Gasteiger partial charge on any atom is 0.243 e. The lowest BCUT2D eigenvalue weighted by molar-refractivity contribution is -0.127. The van der Waals surface area contributed by atoms with E-state index in [1.165, 1.54) is 16.4 Å². The zero-order valence-electron chi connectivity index (χ0n) is 14.0. The first-order valence-electron chi connectivity index (χ1n) is 7.93. The molecule has 1 amide bonds. The standard InChI is InChI=1S/C16H24FN3O3S/c1-16(2,11-18)19-15(21)12-4-3-9-20(10-12)24(22,23)14-7-5-13(17)6-8-14/h5-8,12H,3-4,9-11,18H2,1-2H3,(H,19,21). The van der Waals surface area contributed by atoms with E-state index in [-0.39, 0.29) is 17.3 Å². The second-order valence-corrected chi connectivity index (χ2v) is 8.67. The summed E-state index contributed by atoms with van der Waals surface area (Å²) in [6.07, 6.45) is 1.23. The first-order valence-corrected chi connectivity index (χ1v) is 9.37. The molecule has 1 aliphatic heterocycles. The Morgan fingerprint density at radius 2 is 2.00 bits per heavy atom. The number of nitrogens with one attached hydrogen (secondary N) is 1. The van der Waals surface area contributed by atoms with Gasteiger partial charge in [0.2, 0.25) is 15.9 Å². The van der Waals surface area contributed by atoms with E-state index in [4.69, 9.17) is 5.73 Å². The highest BCUT2D eigenvalue weighted by Crippen LogP contribution is 2.24. The van der Waals surface area contributed by atoms with E-state index in [1.807, 2.05) is 13.8 Å². The van der Waals surface area contributed by atoms with Crippen LogP contribution in [0.2, 0.25) is 0 Å². The van der Waals surface area contributed by atoms with Crippen molar-refractivity contribution in [1.29, 1.82) is 0 Å². The number of carbonyl (C=O) groups excluding carboxylic acids is 1. The number of carbonyl (C=O) groups is 1. The molecule has 1 aliphatic rings. The van der Waals surface area contributed by atoms with Gasteiger partial charge in [-0.05, 0) is 51.0 Å². The molecule has 1 atom stereocenters. The van der Waals surface area contributed by atoms with E-state index >= 15 is 0 Å². The fourth-order valence-electron chi connectivity index (χ4n) is 2.62. The number of sulfonamides is 1. The number of piperidine rings is 1. The Bertz CT molecular complexity index is 689. The van der Waals surface area contributed by atoms with Crippen molar-refractivity contribution in [3.05, 3.63) is 30.1 Å². The lowest BCUT2D eigenvalue weighted by Crippen LogP contribution is -2.53. The lowest BCUT2D eigenvalue weighted by Gasteiger charge is -2.33. The van der Waals surface area contributed by atoms with Crippen molar-refractivity contribution in [2.24, 2.45) is 11.7 Å². The number of benzene rings is 1. The van der Waals surface area contributed by atoms with Gasteiger partial charge in [-0.1, -0.05) is 0 Å². The predicted octanol–water partition coefficient (Wildman–Crippen LogP) is 1.08. The Morgan fingerprint density at radius 3 is 2.58 bits per heavy atom. The molecule has 0 saturated carbocycles. The Balaban J connectivity index is 2.12. The van der Waals surface area contributed by atoms with Crippen LogP contribution in [0.3, 0.4) is 0 Å². The maximum absolute atomic E-state index is 13.0. The van der Waals surface area contributed by atoms with Crippen LogP contribution in [0.25, 0.3) is 0 Å². The van der Waals surface area contributed by atoms with Crippen molar-refractivity contribution in [3.8, 4) is 0 Å². The van der Waals surface area contributed by atoms with Crippen molar-refractivity contribution in [3.63, 3.8) is 0 Å². The minimum absolute atomic E-state index is 0.0345. The molecule has 134 valence electrons. The number of amides is 1. The van der Waals surface area contributed by atoms with E-state index in [1.54, 1.807) is 0 Å². The van der Waals surface area contributed by atoms with Gasteiger partial charge in [0.25, 0.3) is 0 Å². The Morgan fingerprint density at radius 1 is 1.38 bits per heavy atom. The van der Waals surface area contributed by atoms with Crippen LogP contribution >= 0.6 is 0 Å². The van der Waals surface area contributed by atoms with E-state index < -0.39 is 27.3 Å². The van der Waals surface area contributed by atoms with Gasteiger partial charge in [0.15, 0.2) is 0 Å². The van der Waals surface area contributed by atoms with E-state index in [0.717, 1.165) is 12.1 Å². The van der Waals surface area contributed by atoms with Gasteiger partial charge in [-0.15, -0.1) is 0 Å². The molecule has 8 heteroatoms. The highest BCUT2D eigenvalue weighted by molar-refractivity contribution is 7.89. The van der Waals surface area contributed by atoms with Crippen molar-refractivity contribution in [2.75, 3.05) is 19.6 Å². The van der Waals surface area contributed by atoms with Gasteiger partial charge >= 0.3 is 0 Å². The number of halogens is 1. The van der Waals surface area contributed by atoms with Gasteiger partial charge in [-0.3, -0.25) is 4.79 Å². The summed E-state index contributed by atoms with van der Waals surface area (Å²) in [6.45, 7) is 4.40. The maximum atomic E-state index is 13.0. The van der Waals surface area contributed by atoms with Crippen LogP contribution in [0.4, 0.5) is 4.39 Å². The normalized spacial score (nSPS) is 19.9. The van der Waals surface area contributed by atoms with Crippen LogP contribution in [0.5, 0.6) is 0 Å². The van der Waals surface area contributed by atoms with Crippen LogP contribution in [0, 0.1) is 11.7 Å².